The zero-order chi connectivity index (χ0) is 11.8. The fraction of sp³-hybridized carbons (Fsp3) is 0.600. The van der Waals surface area contributed by atoms with Crippen molar-refractivity contribution in [3.63, 3.8) is 0 Å². The highest BCUT2D eigenvalue weighted by atomic mass is 16.3. The second kappa shape index (κ2) is 7.32. The van der Waals surface area contributed by atoms with Crippen molar-refractivity contribution in [2.45, 2.75) is 52.4 Å². The van der Waals surface area contributed by atoms with E-state index in [0.29, 0.717) is 5.75 Å². The van der Waals surface area contributed by atoms with E-state index < -0.39 is 0 Å². The van der Waals surface area contributed by atoms with Crippen molar-refractivity contribution in [2.75, 3.05) is 0 Å². The van der Waals surface area contributed by atoms with Gasteiger partial charge in [0.2, 0.25) is 0 Å². The molecule has 0 unspecified atom stereocenters. The molecule has 90 valence electrons. The van der Waals surface area contributed by atoms with Crippen molar-refractivity contribution in [3.8, 4) is 5.75 Å². The van der Waals surface area contributed by atoms with Crippen LogP contribution >= 0.6 is 0 Å². The van der Waals surface area contributed by atoms with Crippen molar-refractivity contribution in [1.82, 2.24) is 0 Å². The summed E-state index contributed by atoms with van der Waals surface area (Å²) in [6.45, 7) is 4.56. The van der Waals surface area contributed by atoms with E-state index in [2.05, 4.69) is 13.8 Å². The molecule has 1 nitrogen and oxygen atoms in total. The number of benzene rings is 1. The van der Waals surface area contributed by atoms with Crippen LogP contribution < -0.4 is 0 Å². The number of aryl methyl sites for hydroxylation is 1. The predicted octanol–water partition coefficient (Wildman–Crippen LogP) is 4.54. The number of phenols is 1. The average molecular weight is 220 g/mol. The quantitative estimate of drug-likeness (QED) is 0.669. The summed E-state index contributed by atoms with van der Waals surface area (Å²) in [5, 5.41) is 9.59. The van der Waals surface area contributed by atoms with Gasteiger partial charge in [0.25, 0.3) is 0 Å². The van der Waals surface area contributed by atoms with Crippen molar-refractivity contribution < 1.29 is 5.11 Å². The van der Waals surface area contributed by atoms with Gasteiger partial charge in [0.15, 0.2) is 0 Å². The van der Waals surface area contributed by atoms with E-state index in [1.165, 1.54) is 32.1 Å². The molecule has 1 rings (SSSR count). The first-order chi connectivity index (χ1) is 7.70. The molecule has 1 heteroatoms. The predicted molar refractivity (Wildman–Crippen MR) is 69.7 cm³/mol. The molecule has 0 amide bonds. The molecule has 0 spiro atoms. The van der Waals surface area contributed by atoms with Crippen molar-refractivity contribution >= 4 is 0 Å². The molecule has 0 atom stereocenters. The number of hydrogen-bond acceptors (Lipinski definition) is 1. The summed E-state index contributed by atoms with van der Waals surface area (Å²) in [7, 11) is 0. The summed E-state index contributed by atoms with van der Waals surface area (Å²) in [4.78, 5) is 0. The highest BCUT2D eigenvalue weighted by molar-refractivity contribution is 5.31. The van der Waals surface area contributed by atoms with E-state index in [1.807, 2.05) is 18.2 Å². The Morgan fingerprint density at radius 3 is 2.38 bits per heavy atom. The van der Waals surface area contributed by atoms with Gasteiger partial charge in [-0.2, -0.15) is 0 Å². The average Bonchev–Trinajstić information content (AvgIpc) is 2.25. The Morgan fingerprint density at radius 1 is 1.00 bits per heavy atom. The minimum absolute atomic E-state index is 0.449. The standard InChI is InChI=1S/C15H24O/c1-13(2)9-5-3-4-6-10-14-11-7-8-12-15(14)16/h7-8,11-13,16H,3-6,9-10H2,1-2H3. The Balaban J connectivity index is 2.10. The summed E-state index contributed by atoms with van der Waals surface area (Å²) in [6.07, 6.45) is 7.49. The summed E-state index contributed by atoms with van der Waals surface area (Å²) >= 11 is 0. The van der Waals surface area contributed by atoms with E-state index in [0.717, 1.165) is 17.9 Å². The van der Waals surface area contributed by atoms with Crippen LogP contribution in [0, 0.1) is 5.92 Å². The van der Waals surface area contributed by atoms with Gasteiger partial charge in [-0.05, 0) is 30.4 Å². The molecule has 0 saturated heterocycles. The second-order valence-electron chi connectivity index (χ2n) is 4.98. The van der Waals surface area contributed by atoms with Crippen LogP contribution in [0.5, 0.6) is 5.75 Å². The van der Waals surface area contributed by atoms with E-state index in [4.69, 9.17) is 0 Å². The van der Waals surface area contributed by atoms with E-state index in [1.54, 1.807) is 6.07 Å². The van der Waals surface area contributed by atoms with Gasteiger partial charge in [-0.25, -0.2) is 0 Å². The molecular weight excluding hydrogens is 196 g/mol. The number of aromatic hydroxyl groups is 1. The summed E-state index contributed by atoms with van der Waals surface area (Å²) < 4.78 is 0. The number of unbranched alkanes of at least 4 members (excludes halogenated alkanes) is 3. The van der Waals surface area contributed by atoms with E-state index in [-0.39, 0.29) is 0 Å². The molecule has 0 bridgehead atoms. The van der Waals surface area contributed by atoms with Crippen LogP contribution in [-0.4, -0.2) is 5.11 Å². The summed E-state index contributed by atoms with van der Waals surface area (Å²) in [6, 6.07) is 7.66. The van der Waals surface area contributed by atoms with E-state index >= 15 is 0 Å². The lowest BCUT2D eigenvalue weighted by atomic mass is 10.0. The molecule has 0 heterocycles. The Morgan fingerprint density at radius 2 is 1.69 bits per heavy atom. The molecule has 1 aromatic carbocycles. The maximum atomic E-state index is 9.59. The molecule has 0 fully saturated rings. The highest BCUT2D eigenvalue weighted by Gasteiger charge is 1.99. The van der Waals surface area contributed by atoms with Gasteiger partial charge in [0.05, 0.1) is 0 Å². The monoisotopic (exact) mass is 220 g/mol. The SMILES string of the molecule is CC(C)CCCCCCc1ccccc1O. The van der Waals surface area contributed by atoms with Crippen LogP contribution in [0.15, 0.2) is 24.3 Å². The molecule has 0 aliphatic heterocycles. The normalized spacial score (nSPS) is 10.9. The van der Waals surface area contributed by atoms with Gasteiger partial charge in [-0.3, -0.25) is 0 Å². The number of hydrogen-bond donors (Lipinski definition) is 1. The fourth-order valence-corrected chi connectivity index (χ4v) is 1.94. The van der Waals surface area contributed by atoms with Crippen molar-refractivity contribution in [1.29, 1.82) is 0 Å². The van der Waals surface area contributed by atoms with Crippen LogP contribution in [0.4, 0.5) is 0 Å². The molecule has 0 radical (unpaired) electrons. The molecule has 0 aliphatic carbocycles. The lowest BCUT2D eigenvalue weighted by Gasteiger charge is -2.05. The van der Waals surface area contributed by atoms with Gasteiger partial charge >= 0.3 is 0 Å². The molecule has 16 heavy (non-hydrogen) atoms. The Hall–Kier alpha value is -0.980. The smallest absolute Gasteiger partial charge is 0.118 e. The first kappa shape index (κ1) is 13.1. The Kier molecular flexibility index (Phi) is 5.99. The molecule has 0 aromatic heterocycles. The summed E-state index contributed by atoms with van der Waals surface area (Å²) in [5.41, 5.74) is 1.09. The zero-order valence-electron chi connectivity index (χ0n) is 10.6. The van der Waals surface area contributed by atoms with Gasteiger partial charge in [-0.1, -0.05) is 57.7 Å². The highest BCUT2D eigenvalue weighted by Crippen LogP contribution is 2.19. The maximum absolute atomic E-state index is 9.59. The zero-order valence-corrected chi connectivity index (χ0v) is 10.6. The Bertz CT molecular complexity index is 291. The maximum Gasteiger partial charge on any atom is 0.118 e. The van der Waals surface area contributed by atoms with E-state index in [9.17, 15) is 5.11 Å². The molecular formula is C15H24O. The third kappa shape index (κ3) is 5.20. The Labute approximate surface area is 99.5 Å². The minimum atomic E-state index is 0.449. The topological polar surface area (TPSA) is 20.2 Å². The third-order valence-corrected chi connectivity index (χ3v) is 2.97. The van der Waals surface area contributed by atoms with Crippen molar-refractivity contribution in [2.24, 2.45) is 5.92 Å². The fourth-order valence-electron chi connectivity index (χ4n) is 1.94. The van der Waals surface area contributed by atoms with Crippen LogP contribution in [0.1, 0.15) is 51.5 Å². The number of rotatable bonds is 7. The van der Waals surface area contributed by atoms with Crippen LogP contribution in [0.25, 0.3) is 0 Å². The van der Waals surface area contributed by atoms with Crippen LogP contribution in [-0.2, 0) is 6.42 Å². The largest absolute Gasteiger partial charge is 0.508 e. The molecule has 1 N–H and O–H groups in total. The number of phenolic OH excluding ortho intramolecular Hbond substituents is 1. The first-order valence-corrected chi connectivity index (χ1v) is 6.47. The number of para-hydroxylation sites is 1. The second-order valence-corrected chi connectivity index (χ2v) is 4.98. The van der Waals surface area contributed by atoms with Gasteiger partial charge in [0.1, 0.15) is 5.75 Å². The summed E-state index contributed by atoms with van der Waals surface area (Å²) in [5.74, 6) is 1.28. The third-order valence-electron chi connectivity index (χ3n) is 2.97. The van der Waals surface area contributed by atoms with Crippen molar-refractivity contribution in [3.05, 3.63) is 29.8 Å². The lowest BCUT2D eigenvalue weighted by molar-refractivity contribution is 0.465. The lowest BCUT2D eigenvalue weighted by Crippen LogP contribution is -1.89. The molecule has 1 aromatic rings. The molecule has 0 aliphatic rings. The van der Waals surface area contributed by atoms with Crippen LogP contribution in [0.3, 0.4) is 0 Å². The first-order valence-electron chi connectivity index (χ1n) is 6.47. The van der Waals surface area contributed by atoms with Crippen LogP contribution in [0.2, 0.25) is 0 Å². The van der Waals surface area contributed by atoms with Gasteiger partial charge in [-0.15, -0.1) is 0 Å². The van der Waals surface area contributed by atoms with Gasteiger partial charge < -0.3 is 5.11 Å². The molecule has 0 saturated carbocycles. The van der Waals surface area contributed by atoms with Gasteiger partial charge in [0, 0.05) is 0 Å². The minimum Gasteiger partial charge on any atom is -0.508 e.